The van der Waals surface area contributed by atoms with Crippen molar-refractivity contribution in [1.82, 2.24) is 15.5 Å². The SMILES string of the molecule is Cc1ccc(C[n+]2c([C@H]3CCCN3)n[nH]c2C)cc1. The van der Waals surface area contributed by atoms with E-state index in [1.807, 2.05) is 0 Å². The van der Waals surface area contributed by atoms with Gasteiger partial charge in [-0.25, -0.2) is 4.57 Å². The van der Waals surface area contributed by atoms with Crippen molar-refractivity contribution in [2.24, 2.45) is 0 Å². The fraction of sp³-hybridized carbons (Fsp3) is 0.467. The summed E-state index contributed by atoms with van der Waals surface area (Å²) in [6.07, 6.45) is 2.42. The molecule has 1 aliphatic heterocycles. The molecule has 19 heavy (non-hydrogen) atoms. The summed E-state index contributed by atoms with van der Waals surface area (Å²) in [5.74, 6) is 2.25. The minimum absolute atomic E-state index is 0.399. The second-order valence-electron chi connectivity index (χ2n) is 5.39. The number of hydrogen-bond acceptors (Lipinski definition) is 2. The number of benzene rings is 1. The first kappa shape index (κ1) is 12.4. The summed E-state index contributed by atoms with van der Waals surface area (Å²) in [5, 5.41) is 11.1. The Morgan fingerprint density at radius 2 is 2.05 bits per heavy atom. The molecule has 2 N–H and O–H groups in total. The molecule has 1 aromatic heterocycles. The average molecular weight is 257 g/mol. The van der Waals surface area contributed by atoms with Gasteiger partial charge in [-0.15, -0.1) is 5.10 Å². The van der Waals surface area contributed by atoms with Gasteiger partial charge >= 0.3 is 0 Å². The first-order valence-corrected chi connectivity index (χ1v) is 6.97. The molecule has 0 bridgehead atoms. The molecule has 0 radical (unpaired) electrons. The first-order valence-electron chi connectivity index (χ1n) is 6.97. The highest BCUT2D eigenvalue weighted by atomic mass is 15.3. The van der Waals surface area contributed by atoms with Gasteiger partial charge in [-0.05, 0) is 31.9 Å². The molecule has 1 saturated heterocycles. The Balaban J connectivity index is 1.87. The number of hydrogen-bond donors (Lipinski definition) is 2. The van der Waals surface area contributed by atoms with Crippen molar-refractivity contribution in [1.29, 1.82) is 0 Å². The van der Waals surface area contributed by atoms with Gasteiger partial charge in [0, 0.05) is 12.0 Å². The fourth-order valence-electron chi connectivity index (χ4n) is 2.68. The van der Waals surface area contributed by atoms with Crippen LogP contribution in [0.4, 0.5) is 0 Å². The highest BCUT2D eigenvalue weighted by Crippen LogP contribution is 2.18. The molecule has 1 aliphatic rings. The standard InChI is InChI=1S/C15H20N4/c1-11-5-7-13(8-6-11)10-19-12(2)17-18-15(19)14-4-3-9-16-14/h5-8,14,16H,3-4,9-10H2,1-2H3/p+1/t14-/m1/s1. The van der Waals surface area contributed by atoms with E-state index in [0.29, 0.717) is 6.04 Å². The molecule has 0 spiro atoms. The zero-order chi connectivity index (χ0) is 13.2. The number of aryl methyl sites for hydroxylation is 2. The lowest BCUT2D eigenvalue weighted by Crippen LogP contribution is -2.42. The maximum absolute atomic E-state index is 4.49. The average Bonchev–Trinajstić information content (AvgIpc) is 3.03. The molecule has 4 heteroatoms. The van der Waals surface area contributed by atoms with Crippen LogP contribution < -0.4 is 9.88 Å². The Morgan fingerprint density at radius 3 is 2.74 bits per heavy atom. The Labute approximate surface area is 113 Å². The Hall–Kier alpha value is -1.68. The van der Waals surface area contributed by atoms with Crippen LogP contribution in [0.5, 0.6) is 0 Å². The van der Waals surface area contributed by atoms with Gasteiger partial charge in [0.2, 0.25) is 5.82 Å². The maximum Gasteiger partial charge on any atom is 0.294 e. The second kappa shape index (κ2) is 5.13. The highest BCUT2D eigenvalue weighted by molar-refractivity contribution is 5.20. The van der Waals surface area contributed by atoms with E-state index in [4.69, 9.17) is 0 Å². The van der Waals surface area contributed by atoms with Gasteiger partial charge in [0.05, 0.1) is 6.54 Å². The van der Waals surface area contributed by atoms with Gasteiger partial charge in [0.25, 0.3) is 5.82 Å². The monoisotopic (exact) mass is 257 g/mol. The van der Waals surface area contributed by atoms with Crippen LogP contribution in [-0.2, 0) is 6.54 Å². The molecule has 0 aliphatic carbocycles. The lowest BCUT2D eigenvalue weighted by molar-refractivity contribution is -0.703. The smallest absolute Gasteiger partial charge is 0.294 e. The molecule has 1 atom stereocenters. The van der Waals surface area contributed by atoms with Crippen molar-refractivity contribution >= 4 is 0 Å². The van der Waals surface area contributed by atoms with Gasteiger partial charge in [-0.1, -0.05) is 29.8 Å². The molecule has 1 fully saturated rings. The first-order chi connectivity index (χ1) is 9.24. The summed E-state index contributed by atoms with van der Waals surface area (Å²) < 4.78 is 2.29. The van der Waals surface area contributed by atoms with E-state index in [9.17, 15) is 0 Å². The third-order valence-corrected chi connectivity index (χ3v) is 3.85. The van der Waals surface area contributed by atoms with Crippen LogP contribution in [0.3, 0.4) is 0 Å². The molecule has 4 nitrogen and oxygen atoms in total. The van der Waals surface area contributed by atoms with Gasteiger partial charge in [-0.2, -0.15) is 0 Å². The molecule has 0 saturated carbocycles. The normalized spacial score (nSPS) is 18.9. The number of nitrogens with zero attached hydrogens (tertiary/aromatic N) is 2. The van der Waals surface area contributed by atoms with Crippen molar-refractivity contribution in [3.63, 3.8) is 0 Å². The van der Waals surface area contributed by atoms with Crippen LogP contribution in [0.15, 0.2) is 24.3 Å². The number of rotatable bonds is 3. The van der Waals surface area contributed by atoms with Gasteiger partial charge < -0.3 is 5.32 Å². The third kappa shape index (κ3) is 2.54. The highest BCUT2D eigenvalue weighted by Gasteiger charge is 2.28. The van der Waals surface area contributed by atoms with Crippen LogP contribution in [0, 0.1) is 13.8 Å². The number of H-pyrrole nitrogens is 1. The van der Waals surface area contributed by atoms with E-state index in [1.54, 1.807) is 0 Å². The predicted molar refractivity (Wildman–Crippen MR) is 73.8 cm³/mol. The van der Waals surface area contributed by atoms with Gasteiger partial charge in [0.15, 0.2) is 0 Å². The zero-order valence-corrected chi connectivity index (χ0v) is 11.6. The van der Waals surface area contributed by atoms with Crippen molar-refractivity contribution < 1.29 is 4.57 Å². The predicted octanol–water partition coefficient (Wildman–Crippen LogP) is 1.79. The number of nitrogens with one attached hydrogen (secondary N) is 2. The van der Waals surface area contributed by atoms with Crippen molar-refractivity contribution in [3.8, 4) is 0 Å². The Kier molecular flexibility index (Phi) is 3.34. The largest absolute Gasteiger partial charge is 0.305 e. The molecule has 100 valence electrons. The summed E-state index contributed by atoms with van der Waals surface area (Å²) in [6.45, 7) is 6.19. The van der Waals surface area contributed by atoms with Crippen LogP contribution in [0.1, 0.15) is 41.7 Å². The van der Waals surface area contributed by atoms with Crippen LogP contribution >= 0.6 is 0 Å². The Morgan fingerprint density at radius 1 is 1.26 bits per heavy atom. The number of aromatic nitrogens is 3. The molecular weight excluding hydrogens is 236 g/mol. The summed E-state index contributed by atoms with van der Waals surface area (Å²) >= 11 is 0. The summed E-state index contributed by atoms with van der Waals surface area (Å²) in [5.41, 5.74) is 2.62. The van der Waals surface area contributed by atoms with Crippen molar-refractivity contribution in [2.75, 3.05) is 6.54 Å². The minimum atomic E-state index is 0.399. The topological polar surface area (TPSA) is 44.6 Å². The summed E-state index contributed by atoms with van der Waals surface area (Å²) in [7, 11) is 0. The van der Waals surface area contributed by atoms with E-state index in [0.717, 1.165) is 24.7 Å². The maximum atomic E-state index is 4.49. The lowest BCUT2D eigenvalue weighted by Gasteiger charge is -2.08. The molecule has 2 aromatic rings. The van der Waals surface area contributed by atoms with Crippen LogP contribution in [0.25, 0.3) is 0 Å². The van der Waals surface area contributed by atoms with Crippen LogP contribution in [-0.4, -0.2) is 16.7 Å². The summed E-state index contributed by atoms with van der Waals surface area (Å²) in [4.78, 5) is 0. The second-order valence-corrected chi connectivity index (χ2v) is 5.39. The van der Waals surface area contributed by atoms with E-state index in [2.05, 4.69) is 58.2 Å². The summed E-state index contributed by atoms with van der Waals surface area (Å²) in [6, 6.07) is 9.12. The molecule has 2 heterocycles. The third-order valence-electron chi connectivity index (χ3n) is 3.85. The van der Waals surface area contributed by atoms with Gasteiger partial charge in [0.1, 0.15) is 6.04 Å². The molecule has 0 unspecified atom stereocenters. The quantitative estimate of drug-likeness (QED) is 0.823. The molecule has 1 aromatic carbocycles. The molecular formula is C15H21N4+. The lowest BCUT2D eigenvalue weighted by atomic mass is 10.1. The van der Waals surface area contributed by atoms with Crippen molar-refractivity contribution in [2.45, 2.75) is 39.3 Å². The number of aromatic amines is 1. The van der Waals surface area contributed by atoms with E-state index in [-0.39, 0.29) is 0 Å². The van der Waals surface area contributed by atoms with E-state index >= 15 is 0 Å². The van der Waals surface area contributed by atoms with Crippen molar-refractivity contribution in [3.05, 3.63) is 47.0 Å². The zero-order valence-electron chi connectivity index (χ0n) is 11.6. The molecule has 3 rings (SSSR count). The fourth-order valence-corrected chi connectivity index (χ4v) is 2.68. The minimum Gasteiger partial charge on any atom is -0.305 e. The Bertz CT molecular complexity index is 550. The van der Waals surface area contributed by atoms with Gasteiger partial charge in [-0.3, -0.25) is 0 Å². The van der Waals surface area contributed by atoms with E-state index < -0.39 is 0 Å². The van der Waals surface area contributed by atoms with Crippen LogP contribution in [0.2, 0.25) is 0 Å². The molecule has 0 amide bonds. The van der Waals surface area contributed by atoms with E-state index in [1.165, 1.54) is 24.0 Å².